The fourth-order valence-corrected chi connectivity index (χ4v) is 3.45. The van der Waals surface area contributed by atoms with Gasteiger partial charge in [0.2, 0.25) is 0 Å². The molecular weight excluding hydrogens is 294 g/mol. The molecule has 1 atom stereocenters. The first-order chi connectivity index (χ1) is 11.0. The molecule has 0 aromatic carbocycles. The lowest BCUT2D eigenvalue weighted by Gasteiger charge is -2.30. The van der Waals surface area contributed by atoms with E-state index in [4.69, 9.17) is 4.74 Å². The van der Waals surface area contributed by atoms with Gasteiger partial charge in [0.25, 0.3) is 5.91 Å². The molecule has 2 rings (SSSR count). The van der Waals surface area contributed by atoms with Crippen molar-refractivity contribution in [3.63, 3.8) is 0 Å². The van der Waals surface area contributed by atoms with Gasteiger partial charge in [-0.15, -0.1) is 0 Å². The molecule has 0 bridgehead atoms. The third-order valence-electron chi connectivity index (χ3n) is 4.80. The molecule has 1 aromatic heterocycles. The Bertz CT molecular complexity index is 521. The minimum absolute atomic E-state index is 0.0119. The molecule has 1 aromatic rings. The fourth-order valence-electron chi connectivity index (χ4n) is 3.45. The zero-order chi connectivity index (χ0) is 16.8. The fraction of sp³-hybridized carbons (Fsp3) is 0.765. The van der Waals surface area contributed by atoms with Crippen molar-refractivity contribution in [3.8, 4) is 5.75 Å². The second-order valence-corrected chi connectivity index (χ2v) is 6.50. The maximum Gasteiger partial charge on any atom is 0.258 e. The number of aromatic nitrogens is 2. The van der Waals surface area contributed by atoms with E-state index in [-0.39, 0.29) is 25.2 Å². The van der Waals surface area contributed by atoms with Crippen LogP contribution in [0.15, 0.2) is 0 Å². The van der Waals surface area contributed by atoms with Gasteiger partial charge in [0, 0.05) is 19.7 Å². The van der Waals surface area contributed by atoms with E-state index in [1.54, 1.807) is 4.68 Å². The summed E-state index contributed by atoms with van der Waals surface area (Å²) in [5.41, 5.74) is 1.70. The van der Waals surface area contributed by atoms with E-state index >= 15 is 0 Å². The van der Waals surface area contributed by atoms with Crippen LogP contribution in [0.25, 0.3) is 0 Å². The van der Waals surface area contributed by atoms with Gasteiger partial charge in [0.1, 0.15) is 5.69 Å². The highest BCUT2D eigenvalue weighted by molar-refractivity contribution is 5.78. The molecule has 0 aliphatic heterocycles. The normalized spacial score (nSPS) is 17.0. The van der Waals surface area contributed by atoms with E-state index < -0.39 is 0 Å². The Labute approximate surface area is 138 Å². The SMILES string of the molecule is Cc1nn(C)c(C)c1OCC(=O)NC(CCO)C1CCCCC1. The number of nitrogens with zero attached hydrogens (tertiary/aromatic N) is 2. The zero-order valence-electron chi connectivity index (χ0n) is 14.5. The first-order valence-corrected chi connectivity index (χ1v) is 8.56. The minimum atomic E-state index is -0.128. The van der Waals surface area contributed by atoms with Gasteiger partial charge in [-0.25, -0.2) is 0 Å². The number of aliphatic hydroxyl groups excluding tert-OH is 1. The minimum Gasteiger partial charge on any atom is -0.480 e. The zero-order valence-corrected chi connectivity index (χ0v) is 14.5. The Morgan fingerprint density at radius 2 is 2.09 bits per heavy atom. The third-order valence-corrected chi connectivity index (χ3v) is 4.80. The van der Waals surface area contributed by atoms with Crippen molar-refractivity contribution in [1.82, 2.24) is 15.1 Å². The van der Waals surface area contributed by atoms with E-state index in [2.05, 4.69) is 10.4 Å². The summed E-state index contributed by atoms with van der Waals surface area (Å²) in [5, 5.41) is 16.6. The molecule has 130 valence electrons. The Kier molecular flexibility index (Phi) is 6.45. The number of nitrogens with one attached hydrogen (secondary N) is 1. The molecule has 1 heterocycles. The summed E-state index contributed by atoms with van der Waals surface area (Å²) in [6.07, 6.45) is 6.58. The van der Waals surface area contributed by atoms with Crippen molar-refractivity contribution in [2.75, 3.05) is 13.2 Å². The monoisotopic (exact) mass is 323 g/mol. The predicted octanol–water partition coefficient (Wildman–Crippen LogP) is 1.86. The van der Waals surface area contributed by atoms with Gasteiger partial charge < -0.3 is 15.2 Å². The van der Waals surface area contributed by atoms with Crippen LogP contribution in [-0.2, 0) is 11.8 Å². The van der Waals surface area contributed by atoms with E-state index in [1.165, 1.54) is 19.3 Å². The molecule has 1 aliphatic rings. The lowest BCUT2D eigenvalue weighted by molar-refractivity contribution is -0.124. The lowest BCUT2D eigenvalue weighted by Crippen LogP contribution is -2.43. The van der Waals surface area contributed by atoms with Gasteiger partial charge in [0.15, 0.2) is 12.4 Å². The highest BCUT2D eigenvalue weighted by Crippen LogP contribution is 2.27. The first-order valence-electron chi connectivity index (χ1n) is 8.56. The van der Waals surface area contributed by atoms with Gasteiger partial charge in [0.05, 0.1) is 5.69 Å². The number of aryl methyl sites for hydroxylation is 2. The summed E-state index contributed by atoms with van der Waals surface area (Å²) in [6.45, 7) is 3.88. The highest BCUT2D eigenvalue weighted by Gasteiger charge is 2.25. The standard InChI is InChI=1S/C17H29N3O3/c1-12-17(13(2)20(3)19-12)23-11-16(22)18-15(9-10-21)14-7-5-4-6-8-14/h14-15,21H,4-11H2,1-3H3,(H,18,22). The molecule has 2 N–H and O–H groups in total. The van der Waals surface area contributed by atoms with Crippen molar-refractivity contribution >= 4 is 5.91 Å². The maximum absolute atomic E-state index is 12.2. The molecule has 1 saturated carbocycles. The Balaban J connectivity index is 1.88. The molecule has 1 aliphatic carbocycles. The van der Waals surface area contributed by atoms with Crippen LogP contribution >= 0.6 is 0 Å². The topological polar surface area (TPSA) is 76.4 Å². The van der Waals surface area contributed by atoms with Crippen molar-refractivity contribution < 1.29 is 14.6 Å². The quantitative estimate of drug-likeness (QED) is 0.803. The van der Waals surface area contributed by atoms with E-state index in [0.29, 0.717) is 18.1 Å². The average Bonchev–Trinajstić information content (AvgIpc) is 2.78. The van der Waals surface area contributed by atoms with Crippen LogP contribution in [0.1, 0.15) is 49.9 Å². The number of amides is 1. The van der Waals surface area contributed by atoms with Crippen LogP contribution in [0.5, 0.6) is 5.75 Å². The number of hydrogen-bond acceptors (Lipinski definition) is 4. The van der Waals surface area contributed by atoms with Gasteiger partial charge in [-0.05, 0) is 39.0 Å². The summed E-state index contributed by atoms with van der Waals surface area (Å²) >= 11 is 0. The van der Waals surface area contributed by atoms with Crippen LogP contribution in [0.3, 0.4) is 0 Å². The molecule has 0 saturated heterocycles. The van der Waals surface area contributed by atoms with E-state index in [0.717, 1.165) is 24.2 Å². The van der Waals surface area contributed by atoms with Gasteiger partial charge in [-0.1, -0.05) is 19.3 Å². The molecule has 6 heteroatoms. The van der Waals surface area contributed by atoms with Crippen molar-refractivity contribution in [2.45, 2.75) is 58.4 Å². The van der Waals surface area contributed by atoms with Crippen LogP contribution in [-0.4, -0.2) is 40.0 Å². The second-order valence-electron chi connectivity index (χ2n) is 6.50. The van der Waals surface area contributed by atoms with Crippen LogP contribution in [0, 0.1) is 19.8 Å². The smallest absolute Gasteiger partial charge is 0.258 e. The number of rotatable bonds is 7. The Hall–Kier alpha value is -1.56. The van der Waals surface area contributed by atoms with E-state index in [1.807, 2.05) is 20.9 Å². The Morgan fingerprint density at radius 3 is 2.65 bits per heavy atom. The van der Waals surface area contributed by atoms with Gasteiger partial charge >= 0.3 is 0 Å². The Morgan fingerprint density at radius 1 is 1.39 bits per heavy atom. The van der Waals surface area contributed by atoms with Crippen molar-refractivity contribution in [2.24, 2.45) is 13.0 Å². The largest absolute Gasteiger partial charge is 0.480 e. The summed E-state index contributed by atoms with van der Waals surface area (Å²) in [4.78, 5) is 12.2. The summed E-state index contributed by atoms with van der Waals surface area (Å²) in [7, 11) is 1.86. The molecule has 6 nitrogen and oxygen atoms in total. The number of carbonyl (C=O) groups is 1. The molecular formula is C17H29N3O3. The first kappa shape index (κ1) is 17.8. The maximum atomic E-state index is 12.2. The second kappa shape index (κ2) is 8.34. The van der Waals surface area contributed by atoms with Gasteiger partial charge in [-0.2, -0.15) is 5.10 Å². The third kappa shape index (κ3) is 4.70. The molecule has 0 radical (unpaired) electrons. The molecule has 1 unspecified atom stereocenters. The summed E-state index contributed by atoms with van der Waals surface area (Å²) in [5.74, 6) is 1.03. The highest BCUT2D eigenvalue weighted by atomic mass is 16.5. The average molecular weight is 323 g/mol. The predicted molar refractivity (Wildman–Crippen MR) is 88.4 cm³/mol. The number of carbonyl (C=O) groups excluding carboxylic acids is 1. The molecule has 1 amide bonds. The van der Waals surface area contributed by atoms with Crippen LogP contribution in [0.4, 0.5) is 0 Å². The summed E-state index contributed by atoms with van der Waals surface area (Å²) in [6, 6.07) is 0.0486. The van der Waals surface area contributed by atoms with E-state index in [9.17, 15) is 9.90 Å². The van der Waals surface area contributed by atoms with Crippen molar-refractivity contribution in [1.29, 1.82) is 0 Å². The molecule has 1 fully saturated rings. The van der Waals surface area contributed by atoms with Crippen LogP contribution < -0.4 is 10.1 Å². The molecule has 23 heavy (non-hydrogen) atoms. The molecule has 0 spiro atoms. The summed E-state index contributed by atoms with van der Waals surface area (Å²) < 4.78 is 7.41. The number of aliphatic hydroxyl groups is 1. The number of ether oxygens (including phenoxy) is 1. The van der Waals surface area contributed by atoms with Gasteiger partial charge in [-0.3, -0.25) is 9.48 Å². The number of hydrogen-bond donors (Lipinski definition) is 2. The lowest BCUT2D eigenvalue weighted by atomic mass is 9.83. The van der Waals surface area contributed by atoms with Crippen LogP contribution in [0.2, 0.25) is 0 Å². The van der Waals surface area contributed by atoms with Crippen molar-refractivity contribution in [3.05, 3.63) is 11.4 Å².